The number of para-hydroxylation sites is 1. The molecule has 1 aliphatic rings. The number of carbonyl (C=O) groups excluding carboxylic acids is 1. The first-order chi connectivity index (χ1) is 19.0. The molecular weight excluding hydrogens is 497 g/mol. The summed E-state index contributed by atoms with van der Waals surface area (Å²) in [5.41, 5.74) is 10.00. The molecule has 5 aromatic rings. The lowest BCUT2D eigenvalue weighted by Gasteiger charge is -2.34. The van der Waals surface area contributed by atoms with Crippen LogP contribution in [0.15, 0.2) is 79.1 Å². The number of ether oxygens (including phenoxy) is 3. The van der Waals surface area contributed by atoms with E-state index in [1.54, 1.807) is 19.4 Å². The van der Waals surface area contributed by atoms with Gasteiger partial charge < -0.3 is 19.9 Å². The van der Waals surface area contributed by atoms with Crippen molar-refractivity contribution >= 4 is 22.5 Å². The van der Waals surface area contributed by atoms with Gasteiger partial charge in [-0.1, -0.05) is 30.3 Å². The zero-order valence-corrected chi connectivity index (χ0v) is 21.5. The van der Waals surface area contributed by atoms with E-state index in [1.165, 1.54) is 12.1 Å². The minimum Gasteiger partial charge on any atom is -0.496 e. The fourth-order valence-corrected chi connectivity index (χ4v) is 5.50. The molecule has 0 radical (unpaired) electrons. The number of primary amides is 1. The summed E-state index contributed by atoms with van der Waals surface area (Å²) in [6.45, 7) is 0.999. The Morgan fingerprint density at radius 1 is 1.08 bits per heavy atom. The Bertz CT molecular complexity index is 1690. The summed E-state index contributed by atoms with van der Waals surface area (Å²) < 4.78 is 33.8. The Kier molecular flexibility index (Phi) is 6.40. The standard InChI is InChI=1S/C31H28FN3O4/c1-37-28-5-3-2-4-25(28)26-18-29-34-10-11-35(29)27-14-20(6-7-24(26)27)19-39-23-16-21(15-22(32)17-23)31(30(33)36)8-12-38-13-9-31/h2-7,10-11,14-18H,8-9,12-13,19H2,1H3,(H2,33,36). The number of fused-ring (bicyclic) bond motifs is 3. The fraction of sp³-hybridized carbons (Fsp3) is 0.226. The highest BCUT2D eigenvalue weighted by molar-refractivity contribution is 5.98. The second-order valence-corrected chi connectivity index (χ2v) is 9.79. The van der Waals surface area contributed by atoms with Gasteiger partial charge in [0.25, 0.3) is 0 Å². The minimum absolute atomic E-state index is 0.209. The van der Waals surface area contributed by atoms with E-state index >= 15 is 0 Å². The van der Waals surface area contributed by atoms with E-state index in [-0.39, 0.29) is 6.61 Å². The maximum absolute atomic E-state index is 14.7. The van der Waals surface area contributed by atoms with Crippen molar-refractivity contribution in [1.82, 2.24) is 9.38 Å². The molecule has 3 heterocycles. The number of amides is 1. The van der Waals surface area contributed by atoms with Crippen molar-refractivity contribution in [3.8, 4) is 22.6 Å². The molecule has 7 nitrogen and oxygen atoms in total. The number of nitrogens with two attached hydrogens (primary N) is 1. The van der Waals surface area contributed by atoms with Crippen LogP contribution in [0.3, 0.4) is 0 Å². The van der Waals surface area contributed by atoms with Crippen LogP contribution in [0.5, 0.6) is 11.5 Å². The summed E-state index contributed by atoms with van der Waals surface area (Å²) in [6.07, 6.45) is 4.50. The largest absolute Gasteiger partial charge is 0.496 e. The van der Waals surface area contributed by atoms with Gasteiger partial charge in [0, 0.05) is 42.6 Å². The lowest BCUT2D eigenvalue weighted by Crippen LogP contribution is -2.45. The van der Waals surface area contributed by atoms with Crippen LogP contribution in [0.4, 0.5) is 4.39 Å². The minimum atomic E-state index is -0.969. The monoisotopic (exact) mass is 525 g/mol. The van der Waals surface area contributed by atoms with Crippen LogP contribution in [0, 0.1) is 5.82 Å². The molecule has 39 heavy (non-hydrogen) atoms. The number of halogens is 1. The number of carbonyl (C=O) groups is 1. The van der Waals surface area contributed by atoms with Gasteiger partial charge in [-0.25, -0.2) is 9.37 Å². The molecule has 6 rings (SSSR count). The van der Waals surface area contributed by atoms with Gasteiger partial charge in [-0.3, -0.25) is 9.20 Å². The first-order valence-electron chi connectivity index (χ1n) is 12.8. The van der Waals surface area contributed by atoms with Crippen molar-refractivity contribution in [1.29, 1.82) is 0 Å². The summed E-state index contributed by atoms with van der Waals surface area (Å²) >= 11 is 0. The molecule has 1 saturated heterocycles. The third-order valence-corrected chi connectivity index (χ3v) is 7.60. The van der Waals surface area contributed by atoms with Gasteiger partial charge in [-0.2, -0.15) is 0 Å². The second kappa shape index (κ2) is 10.0. The Balaban J connectivity index is 1.35. The summed E-state index contributed by atoms with van der Waals surface area (Å²) in [5, 5.41) is 1.03. The lowest BCUT2D eigenvalue weighted by molar-refractivity contribution is -0.127. The molecule has 0 unspecified atom stereocenters. The second-order valence-electron chi connectivity index (χ2n) is 9.79. The van der Waals surface area contributed by atoms with Crippen molar-refractivity contribution in [2.45, 2.75) is 24.9 Å². The van der Waals surface area contributed by atoms with Crippen LogP contribution < -0.4 is 15.2 Å². The zero-order chi connectivity index (χ0) is 27.0. The van der Waals surface area contributed by atoms with Crippen molar-refractivity contribution in [3.05, 3.63) is 96.1 Å². The van der Waals surface area contributed by atoms with E-state index in [0.717, 1.165) is 39.0 Å². The van der Waals surface area contributed by atoms with Gasteiger partial charge in [0.15, 0.2) is 0 Å². The average Bonchev–Trinajstić information content (AvgIpc) is 3.45. The summed E-state index contributed by atoms with van der Waals surface area (Å²) in [7, 11) is 1.66. The van der Waals surface area contributed by atoms with Crippen LogP contribution in [0.1, 0.15) is 24.0 Å². The highest BCUT2D eigenvalue weighted by atomic mass is 19.1. The van der Waals surface area contributed by atoms with Crippen LogP contribution in [0.2, 0.25) is 0 Å². The van der Waals surface area contributed by atoms with E-state index in [9.17, 15) is 9.18 Å². The number of benzene rings is 3. The highest BCUT2D eigenvalue weighted by Gasteiger charge is 2.40. The van der Waals surface area contributed by atoms with Crippen LogP contribution >= 0.6 is 0 Å². The normalized spacial score (nSPS) is 14.9. The molecule has 1 aliphatic heterocycles. The van der Waals surface area contributed by atoms with Gasteiger partial charge >= 0.3 is 0 Å². The molecule has 3 aromatic carbocycles. The molecule has 2 aromatic heterocycles. The van der Waals surface area contributed by atoms with Crippen LogP contribution in [-0.2, 0) is 21.6 Å². The van der Waals surface area contributed by atoms with Gasteiger partial charge in [0.1, 0.15) is 29.6 Å². The summed E-state index contributed by atoms with van der Waals surface area (Å²) in [6, 6.07) is 20.5. The number of hydrogen-bond acceptors (Lipinski definition) is 5. The van der Waals surface area contributed by atoms with Crippen molar-refractivity contribution in [2.75, 3.05) is 20.3 Å². The van der Waals surface area contributed by atoms with Gasteiger partial charge in [0.2, 0.25) is 5.91 Å². The van der Waals surface area contributed by atoms with Gasteiger partial charge in [-0.15, -0.1) is 0 Å². The number of rotatable bonds is 7. The molecule has 0 saturated carbocycles. The van der Waals surface area contributed by atoms with Gasteiger partial charge in [-0.05, 0) is 59.9 Å². The number of aromatic nitrogens is 2. The van der Waals surface area contributed by atoms with Crippen molar-refractivity contribution in [3.63, 3.8) is 0 Å². The molecule has 0 atom stereocenters. The molecule has 0 spiro atoms. The molecule has 198 valence electrons. The Hall–Kier alpha value is -4.43. The predicted molar refractivity (Wildman–Crippen MR) is 146 cm³/mol. The van der Waals surface area contributed by atoms with E-state index < -0.39 is 17.1 Å². The molecule has 0 bridgehead atoms. The number of pyridine rings is 1. The third-order valence-electron chi connectivity index (χ3n) is 7.60. The quantitative estimate of drug-likeness (QED) is 0.307. The predicted octanol–water partition coefficient (Wildman–Crippen LogP) is 5.41. The Labute approximate surface area is 224 Å². The maximum atomic E-state index is 14.7. The fourth-order valence-electron chi connectivity index (χ4n) is 5.50. The van der Waals surface area contributed by atoms with E-state index in [0.29, 0.717) is 37.4 Å². The Morgan fingerprint density at radius 3 is 2.69 bits per heavy atom. The molecule has 2 N–H and O–H groups in total. The lowest BCUT2D eigenvalue weighted by atomic mass is 9.73. The molecule has 8 heteroatoms. The summed E-state index contributed by atoms with van der Waals surface area (Å²) in [4.78, 5) is 17.0. The molecular formula is C31H28FN3O4. The molecule has 1 fully saturated rings. The Morgan fingerprint density at radius 2 is 1.90 bits per heavy atom. The third kappa shape index (κ3) is 4.46. The molecule has 1 amide bonds. The van der Waals surface area contributed by atoms with E-state index in [1.807, 2.05) is 47.0 Å². The average molecular weight is 526 g/mol. The number of hydrogen-bond donors (Lipinski definition) is 1. The number of methoxy groups -OCH3 is 1. The SMILES string of the molecule is COc1ccccc1-c1cc2nccn2c2cc(COc3cc(F)cc(C4(C(N)=O)CCOCC4)c3)ccc12. The van der Waals surface area contributed by atoms with E-state index in [2.05, 4.69) is 17.1 Å². The topological polar surface area (TPSA) is 88.1 Å². The smallest absolute Gasteiger partial charge is 0.228 e. The van der Waals surface area contributed by atoms with Crippen molar-refractivity contribution < 1.29 is 23.4 Å². The summed E-state index contributed by atoms with van der Waals surface area (Å²) in [5.74, 6) is 0.164. The van der Waals surface area contributed by atoms with E-state index in [4.69, 9.17) is 19.9 Å². The van der Waals surface area contributed by atoms with Crippen LogP contribution in [0.25, 0.3) is 27.7 Å². The van der Waals surface area contributed by atoms with Crippen molar-refractivity contribution in [2.24, 2.45) is 5.73 Å². The first-order valence-corrected chi connectivity index (χ1v) is 12.8. The highest BCUT2D eigenvalue weighted by Crippen LogP contribution is 2.38. The molecule has 0 aliphatic carbocycles. The first kappa shape index (κ1) is 24.9. The van der Waals surface area contributed by atoms with Gasteiger partial charge in [0.05, 0.1) is 18.0 Å². The number of imidazole rings is 1. The zero-order valence-electron chi connectivity index (χ0n) is 21.5. The van der Waals surface area contributed by atoms with Crippen LogP contribution in [-0.4, -0.2) is 35.6 Å². The number of nitrogens with zero attached hydrogens (tertiary/aromatic N) is 2. The maximum Gasteiger partial charge on any atom is 0.228 e.